The van der Waals surface area contributed by atoms with Crippen LogP contribution in [-0.2, 0) is 0 Å². The highest BCUT2D eigenvalue weighted by Gasteiger charge is 2.10. The summed E-state index contributed by atoms with van der Waals surface area (Å²) in [6.07, 6.45) is 2.82. The van der Waals surface area contributed by atoms with E-state index >= 15 is 0 Å². The summed E-state index contributed by atoms with van der Waals surface area (Å²) in [6.45, 7) is 1.80. The zero-order valence-electron chi connectivity index (χ0n) is 9.75. The summed E-state index contributed by atoms with van der Waals surface area (Å²) in [7, 11) is 0. The smallest absolute Gasteiger partial charge is 0.257 e. The van der Waals surface area contributed by atoms with Crippen molar-refractivity contribution in [3.05, 3.63) is 51.0 Å². The van der Waals surface area contributed by atoms with Crippen molar-refractivity contribution in [1.29, 1.82) is 0 Å². The predicted octanol–water partition coefficient (Wildman–Crippen LogP) is 4.00. The number of aryl methyl sites for hydroxylation is 1. The number of nitrogens with zero attached hydrogens (tertiary/aromatic N) is 2. The number of carbonyl (C=O) groups is 1. The monoisotopic (exact) mass is 315 g/mol. The first kappa shape index (κ1) is 14.1. The third kappa shape index (κ3) is 3.35. The number of rotatable bonds is 2. The molecule has 0 saturated carbocycles. The molecular weight excluding hydrogens is 309 g/mol. The molecule has 0 aliphatic rings. The van der Waals surface area contributed by atoms with Crippen LogP contribution in [0.25, 0.3) is 0 Å². The Kier molecular flexibility index (Phi) is 4.24. The molecule has 0 aliphatic heterocycles. The number of pyridine rings is 2. The molecule has 0 saturated heterocycles. The van der Waals surface area contributed by atoms with Crippen LogP contribution in [0.5, 0.6) is 0 Å². The highest BCUT2D eigenvalue weighted by molar-refractivity contribution is 6.41. The Bertz CT molecular complexity index is 646. The lowest BCUT2D eigenvalue weighted by Gasteiger charge is -2.06. The number of anilines is 1. The average molecular weight is 317 g/mol. The molecule has 0 radical (unpaired) electrons. The number of hydrogen-bond donors (Lipinski definition) is 1. The number of nitrogens with one attached hydrogen (secondary N) is 1. The summed E-state index contributed by atoms with van der Waals surface area (Å²) in [5, 5.41) is 3.45. The van der Waals surface area contributed by atoms with Crippen molar-refractivity contribution in [2.75, 3.05) is 5.32 Å². The van der Waals surface area contributed by atoms with Crippen molar-refractivity contribution in [2.24, 2.45) is 0 Å². The SMILES string of the molecule is Cc1cc(NC(=O)c2cnc(Cl)c(Cl)c2)cnc1Cl. The lowest BCUT2D eigenvalue weighted by Crippen LogP contribution is -2.12. The first-order valence-corrected chi connectivity index (χ1v) is 6.35. The molecule has 19 heavy (non-hydrogen) atoms. The second kappa shape index (κ2) is 5.74. The maximum absolute atomic E-state index is 12.0. The van der Waals surface area contributed by atoms with Crippen LogP contribution in [0.4, 0.5) is 5.69 Å². The number of halogens is 3. The number of amides is 1. The fraction of sp³-hybridized carbons (Fsp3) is 0.0833. The van der Waals surface area contributed by atoms with E-state index in [1.54, 1.807) is 13.0 Å². The normalized spacial score (nSPS) is 10.3. The van der Waals surface area contributed by atoms with Gasteiger partial charge in [0.2, 0.25) is 0 Å². The van der Waals surface area contributed by atoms with Crippen LogP contribution in [0.15, 0.2) is 24.5 Å². The average Bonchev–Trinajstić information content (AvgIpc) is 2.37. The maximum Gasteiger partial charge on any atom is 0.257 e. The van der Waals surface area contributed by atoms with Crippen molar-refractivity contribution in [3.63, 3.8) is 0 Å². The van der Waals surface area contributed by atoms with E-state index in [1.807, 2.05) is 0 Å². The van der Waals surface area contributed by atoms with E-state index in [-0.39, 0.29) is 16.1 Å². The highest BCUT2D eigenvalue weighted by atomic mass is 35.5. The van der Waals surface area contributed by atoms with Crippen LogP contribution in [-0.4, -0.2) is 15.9 Å². The first-order valence-electron chi connectivity index (χ1n) is 5.22. The Morgan fingerprint density at radius 3 is 2.42 bits per heavy atom. The fourth-order valence-electron chi connectivity index (χ4n) is 1.38. The van der Waals surface area contributed by atoms with E-state index < -0.39 is 0 Å². The first-order chi connectivity index (χ1) is 8.97. The van der Waals surface area contributed by atoms with Gasteiger partial charge in [0.25, 0.3) is 5.91 Å². The van der Waals surface area contributed by atoms with Crippen LogP contribution < -0.4 is 5.32 Å². The number of aromatic nitrogens is 2. The minimum absolute atomic E-state index is 0.155. The second-order valence-corrected chi connectivity index (χ2v) is 4.91. The lowest BCUT2D eigenvalue weighted by molar-refractivity contribution is 0.102. The molecule has 2 aromatic heterocycles. The van der Waals surface area contributed by atoms with Crippen molar-refractivity contribution in [2.45, 2.75) is 6.92 Å². The summed E-state index contributed by atoms with van der Waals surface area (Å²) >= 11 is 17.3. The molecule has 1 amide bonds. The van der Waals surface area contributed by atoms with Crippen LogP contribution >= 0.6 is 34.8 Å². The second-order valence-electron chi connectivity index (χ2n) is 3.78. The molecule has 98 valence electrons. The molecule has 2 rings (SSSR count). The van der Waals surface area contributed by atoms with Crippen LogP contribution in [0.2, 0.25) is 15.3 Å². The largest absolute Gasteiger partial charge is 0.321 e. The molecule has 0 bridgehead atoms. The summed E-state index contributed by atoms with van der Waals surface area (Å²) in [6, 6.07) is 3.17. The van der Waals surface area contributed by atoms with Gasteiger partial charge >= 0.3 is 0 Å². The van der Waals surface area contributed by atoms with Gasteiger partial charge in [0.05, 0.1) is 22.5 Å². The Morgan fingerprint density at radius 2 is 1.79 bits per heavy atom. The molecule has 0 spiro atoms. The molecular formula is C12H8Cl3N3O. The Morgan fingerprint density at radius 1 is 1.11 bits per heavy atom. The molecule has 0 fully saturated rings. The van der Waals surface area contributed by atoms with Crippen molar-refractivity contribution in [3.8, 4) is 0 Å². The molecule has 4 nitrogen and oxygen atoms in total. The molecule has 0 atom stereocenters. The Balaban J connectivity index is 2.20. The third-order valence-corrected chi connectivity index (χ3v) is 3.41. The molecule has 2 aromatic rings. The summed E-state index contributed by atoms with van der Waals surface area (Å²) < 4.78 is 0. The van der Waals surface area contributed by atoms with Crippen molar-refractivity contribution < 1.29 is 4.79 Å². The zero-order valence-corrected chi connectivity index (χ0v) is 12.0. The quantitative estimate of drug-likeness (QED) is 0.852. The zero-order chi connectivity index (χ0) is 14.0. The standard InChI is InChI=1S/C12H8Cl3N3O/c1-6-2-8(5-17-10(6)14)18-12(19)7-3-9(13)11(15)16-4-7/h2-5H,1H3,(H,18,19). The summed E-state index contributed by atoms with van der Waals surface area (Å²) in [5.41, 5.74) is 1.62. The van der Waals surface area contributed by atoms with Gasteiger partial charge in [-0.1, -0.05) is 34.8 Å². The van der Waals surface area contributed by atoms with Gasteiger partial charge in [-0.15, -0.1) is 0 Å². The minimum atomic E-state index is -0.352. The maximum atomic E-state index is 12.0. The summed E-state index contributed by atoms with van der Waals surface area (Å²) in [5.74, 6) is -0.352. The molecule has 1 N–H and O–H groups in total. The molecule has 7 heteroatoms. The molecule has 0 unspecified atom stereocenters. The van der Waals surface area contributed by atoms with Gasteiger partial charge in [-0.3, -0.25) is 4.79 Å². The van der Waals surface area contributed by atoms with Crippen LogP contribution in [0, 0.1) is 6.92 Å². The van der Waals surface area contributed by atoms with Gasteiger partial charge in [-0.2, -0.15) is 0 Å². The Hall–Kier alpha value is -1.36. The van der Waals surface area contributed by atoms with Gasteiger partial charge in [0.15, 0.2) is 0 Å². The van der Waals surface area contributed by atoms with Gasteiger partial charge in [-0.25, -0.2) is 9.97 Å². The van der Waals surface area contributed by atoms with Crippen molar-refractivity contribution in [1.82, 2.24) is 9.97 Å². The van der Waals surface area contributed by atoms with E-state index in [2.05, 4.69) is 15.3 Å². The molecule has 2 heterocycles. The fourth-order valence-corrected chi connectivity index (χ4v) is 1.75. The van der Waals surface area contributed by atoms with Crippen LogP contribution in [0.3, 0.4) is 0 Å². The minimum Gasteiger partial charge on any atom is -0.321 e. The highest BCUT2D eigenvalue weighted by Crippen LogP contribution is 2.21. The van der Waals surface area contributed by atoms with Gasteiger partial charge in [-0.05, 0) is 24.6 Å². The number of carbonyl (C=O) groups excluding carboxylic acids is 1. The molecule has 0 aromatic carbocycles. The van der Waals surface area contributed by atoms with Crippen LogP contribution in [0.1, 0.15) is 15.9 Å². The van der Waals surface area contributed by atoms with Gasteiger partial charge < -0.3 is 5.32 Å². The topological polar surface area (TPSA) is 54.9 Å². The molecule has 0 aliphatic carbocycles. The van der Waals surface area contributed by atoms with E-state index in [4.69, 9.17) is 34.8 Å². The van der Waals surface area contributed by atoms with Gasteiger partial charge in [0.1, 0.15) is 10.3 Å². The van der Waals surface area contributed by atoms with Crippen molar-refractivity contribution >= 4 is 46.4 Å². The van der Waals surface area contributed by atoms with E-state index in [1.165, 1.54) is 18.5 Å². The number of hydrogen-bond acceptors (Lipinski definition) is 3. The predicted molar refractivity (Wildman–Crippen MR) is 76.2 cm³/mol. The van der Waals surface area contributed by atoms with E-state index in [9.17, 15) is 4.79 Å². The van der Waals surface area contributed by atoms with E-state index in [0.717, 1.165) is 5.56 Å². The Labute approximate surface area is 124 Å². The lowest BCUT2D eigenvalue weighted by atomic mass is 10.2. The third-order valence-electron chi connectivity index (χ3n) is 2.33. The van der Waals surface area contributed by atoms with E-state index in [0.29, 0.717) is 16.4 Å². The van der Waals surface area contributed by atoms with Gasteiger partial charge in [0, 0.05) is 6.20 Å². The summed E-state index contributed by atoms with van der Waals surface area (Å²) in [4.78, 5) is 19.7.